The molecule has 1 aliphatic heterocycles. The number of nitrogens with one attached hydrogen (secondary N) is 2. The average Bonchev–Trinajstić information content (AvgIpc) is 2.68. The zero-order chi connectivity index (χ0) is 21.7. The number of hydrogen-bond acceptors (Lipinski definition) is 5. The maximum absolute atomic E-state index is 12.5. The normalized spacial score (nSPS) is 14.9. The molecule has 2 aromatic carbocycles. The van der Waals surface area contributed by atoms with Crippen LogP contribution in [0.4, 0.5) is 21.9 Å². The lowest BCUT2D eigenvalue weighted by Crippen LogP contribution is -2.44. The van der Waals surface area contributed by atoms with Crippen LogP contribution in [0.25, 0.3) is 0 Å². The van der Waals surface area contributed by atoms with Crippen molar-refractivity contribution < 1.29 is 14.3 Å². The summed E-state index contributed by atoms with van der Waals surface area (Å²) in [5.41, 5.74) is 2.42. The molecule has 0 bridgehead atoms. The molecular weight excluding hydrogens is 380 g/mol. The number of likely N-dealkylation sites (N-methyl/N-ethyl adjacent to an activating group) is 1. The molecule has 0 radical (unpaired) electrons. The lowest BCUT2D eigenvalue weighted by atomic mass is 10.2. The Morgan fingerprint density at radius 2 is 1.37 bits per heavy atom. The topological polar surface area (TPSA) is 73.9 Å². The first-order chi connectivity index (χ1) is 14.2. The first kappa shape index (κ1) is 21.6. The van der Waals surface area contributed by atoms with Gasteiger partial charge in [0.15, 0.2) is 0 Å². The summed E-state index contributed by atoms with van der Waals surface area (Å²) in [6, 6.07) is 14.6. The Balaban J connectivity index is 1.55. The van der Waals surface area contributed by atoms with Crippen molar-refractivity contribution in [2.24, 2.45) is 0 Å². The van der Waals surface area contributed by atoms with Crippen molar-refractivity contribution in [2.45, 2.75) is 26.4 Å². The van der Waals surface area contributed by atoms with E-state index in [1.165, 1.54) is 5.69 Å². The maximum atomic E-state index is 12.5. The number of benzene rings is 2. The highest BCUT2D eigenvalue weighted by atomic mass is 16.6. The van der Waals surface area contributed by atoms with Crippen LogP contribution in [0.1, 0.15) is 31.1 Å². The van der Waals surface area contributed by atoms with Gasteiger partial charge in [0.05, 0.1) is 0 Å². The summed E-state index contributed by atoms with van der Waals surface area (Å²) >= 11 is 0. The Labute approximate surface area is 178 Å². The Morgan fingerprint density at radius 1 is 0.833 bits per heavy atom. The number of amides is 2. The van der Waals surface area contributed by atoms with Crippen LogP contribution in [-0.2, 0) is 4.74 Å². The van der Waals surface area contributed by atoms with E-state index in [2.05, 4.69) is 27.5 Å². The van der Waals surface area contributed by atoms with E-state index in [4.69, 9.17) is 4.74 Å². The largest absolute Gasteiger partial charge is 0.444 e. The molecule has 0 aliphatic carbocycles. The van der Waals surface area contributed by atoms with Gasteiger partial charge in [-0.2, -0.15) is 0 Å². The van der Waals surface area contributed by atoms with Gasteiger partial charge < -0.3 is 19.9 Å². The van der Waals surface area contributed by atoms with Gasteiger partial charge in [-0.15, -0.1) is 0 Å². The van der Waals surface area contributed by atoms with Gasteiger partial charge in [0.25, 0.3) is 5.91 Å². The molecule has 0 saturated carbocycles. The van der Waals surface area contributed by atoms with E-state index in [1.807, 2.05) is 24.3 Å². The van der Waals surface area contributed by atoms with Crippen molar-refractivity contribution in [1.82, 2.24) is 4.90 Å². The minimum Gasteiger partial charge on any atom is -0.444 e. The van der Waals surface area contributed by atoms with Gasteiger partial charge >= 0.3 is 6.09 Å². The van der Waals surface area contributed by atoms with E-state index in [-0.39, 0.29) is 5.91 Å². The summed E-state index contributed by atoms with van der Waals surface area (Å²) in [5, 5.41) is 5.56. The average molecular weight is 411 g/mol. The van der Waals surface area contributed by atoms with Crippen LogP contribution in [-0.4, -0.2) is 55.7 Å². The van der Waals surface area contributed by atoms with E-state index < -0.39 is 11.7 Å². The van der Waals surface area contributed by atoms with Gasteiger partial charge in [-0.05, 0) is 76.3 Å². The summed E-state index contributed by atoms with van der Waals surface area (Å²) in [6.07, 6.45) is -0.528. The van der Waals surface area contributed by atoms with Crippen molar-refractivity contribution >= 4 is 29.1 Å². The highest BCUT2D eigenvalue weighted by Gasteiger charge is 2.17. The number of ether oxygens (including phenoxy) is 1. The molecule has 0 spiro atoms. The minimum absolute atomic E-state index is 0.203. The molecule has 0 unspecified atom stereocenters. The number of nitrogens with zero attached hydrogens (tertiary/aromatic N) is 2. The number of carbonyl (C=O) groups is 2. The van der Waals surface area contributed by atoms with Gasteiger partial charge in [0.1, 0.15) is 5.60 Å². The first-order valence-electron chi connectivity index (χ1n) is 10.1. The summed E-state index contributed by atoms with van der Waals surface area (Å²) in [6.45, 7) is 9.53. The summed E-state index contributed by atoms with van der Waals surface area (Å²) in [7, 11) is 2.14. The maximum Gasteiger partial charge on any atom is 0.412 e. The molecule has 0 atom stereocenters. The second kappa shape index (κ2) is 9.17. The molecule has 1 heterocycles. The van der Waals surface area contributed by atoms with E-state index >= 15 is 0 Å². The Kier molecular flexibility index (Phi) is 6.62. The Hall–Kier alpha value is -3.06. The molecule has 160 valence electrons. The van der Waals surface area contributed by atoms with Gasteiger partial charge in [-0.1, -0.05) is 0 Å². The molecule has 1 saturated heterocycles. The zero-order valence-corrected chi connectivity index (χ0v) is 18.1. The number of anilines is 3. The van der Waals surface area contributed by atoms with Crippen molar-refractivity contribution in [3.63, 3.8) is 0 Å². The predicted molar refractivity (Wildman–Crippen MR) is 120 cm³/mol. The van der Waals surface area contributed by atoms with E-state index in [0.717, 1.165) is 31.9 Å². The van der Waals surface area contributed by atoms with E-state index in [9.17, 15) is 9.59 Å². The predicted octanol–water partition coefficient (Wildman–Crippen LogP) is 4.04. The molecule has 2 aromatic rings. The summed E-state index contributed by atoms with van der Waals surface area (Å²) < 4.78 is 5.22. The quantitative estimate of drug-likeness (QED) is 0.796. The smallest absolute Gasteiger partial charge is 0.412 e. The summed E-state index contributed by atoms with van der Waals surface area (Å²) in [4.78, 5) is 29.0. The third kappa shape index (κ3) is 6.22. The van der Waals surface area contributed by atoms with Crippen LogP contribution in [0.5, 0.6) is 0 Å². The Bertz CT molecular complexity index is 865. The third-order valence-electron chi connectivity index (χ3n) is 4.79. The first-order valence-corrected chi connectivity index (χ1v) is 10.1. The van der Waals surface area contributed by atoms with Crippen molar-refractivity contribution in [3.05, 3.63) is 54.1 Å². The van der Waals surface area contributed by atoms with Gasteiger partial charge in [-0.3, -0.25) is 10.1 Å². The number of rotatable bonds is 4. The lowest BCUT2D eigenvalue weighted by molar-refractivity contribution is 0.0636. The standard InChI is InChI=1S/C23H30N4O3/c1-23(2,3)30-22(29)25-19-7-5-17(6-8-19)21(28)24-18-9-11-20(12-10-18)27-15-13-26(4)14-16-27/h5-12H,13-16H2,1-4H3,(H,24,28)(H,25,29). The van der Waals surface area contributed by atoms with Crippen LogP contribution >= 0.6 is 0 Å². The monoisotopic (exact) mass is 410 g/mol. The molecule has 0 aromatic heterocycles. The molecule has 30 heavy (non-hydrogen) atoms. The molecule has 7 nitrogen and oxygen atoms in total. The van der Waals surface area contributed by atoms with Crippen molar-refractivity contribution in [3.8, 4) is 0 Å². The second-order valence-corrected chi connectivity index (χ2v) is 8.50. The molecule has 3 rings (SSSR count). The lowest BCUT2D eigenvalue weighted by Gasteiger charge is -2.34. The molecule has 1 aliphatic rings. The second-order valence-electron chi connectivity index (χ2n) is 8.50. The third-order valence-corrected chi connectivity index (χ3v) is 4.79. The van der Waals surface area contributed by atoms with Crippen molar-refractivity contribution in [2.75, 3.05) is 48.8 Å². The van der Waals surface area contributed by atoms with E-state index in [1.54, 1.807) is 45.0 Å². The molecule has 2 amide bonds. The molecule has 2 N–H and O–H groups in total. The Morgan fingerprint density at radius 3 is 1.93 bits per heavy atom. The number of piperazine rings is 1. The molecular formula is C23H30N4O3. The van der Waals surface area contributed by atoms with Gasteiger partial charge in [-0.25, -0.2) is 4.79 Å². The molecule has 1 fully saturated rings. The van der Waals surface area contributed by atoms with Gasteiger partial charge in [0, 0.05) is 48.8 Å². The fraction of sp³-hybridized carbons (Fsp3) is 0.391. The summed E-state index contributed by atoms with van der Waals surface area (Å²) in [5.74, 6) is -0.203. The van der Waals surface area contributed by atoms with Crippen LogP contribution in [0, 0.1) is 0 Å². The fourth-order valence-electron chi connectivity index (χ4n) is 3.15. The van der Waals surface area contributed by atoms with Crippen LogP contribution in [0.15, 0.2) is 48.5 Å². The zero-order valence-electron chi connectivity index (χ0n) is 18.1. The van der Waals surface area contributed by atoms with Crippen LogP contribution in [0.2, 0.25) is 0 Å². The SMILES string of the molecule is CN1CCN(c2ccc(NC(=O)c3ccc(NC(=O)OC(C)(C)C)cc3)cc2)CC1. The van der Waals surface area contributed by atoms with Crippen molar-refractivity contribution in [1.29, 1.82) is 0 Å². The highest BCUT2D eigenvalue weighted by molar-refractivity contribution is 6.04. The minimum atomic E-state index is -0.566. The van der Waals surface area contributed by atoms with Crippen LogP contribution < -0.4 is 15.5 Å². The van der Waals surface area contributed by atoms with Gasteiger partial charge in [0.2, 0.25) is 0 Å². The number of carbonyl (C=O) groups excluding carboxylic acids is 2. The molecule has 7 heteroatoms. The fourth-order valence-corrected chi connectivity index (χ4v) is 3.15. The van der Waals surface area contributed by atoms with E-state index in [0.29, 0.717) is 11.3 Å². The number of hydrogen-bond donors (Lipinski definition) is 2. The van der Waals surface area contributed by atoms with Crippen LogP contribution in [0.3, 0.4) is 0 Å². The highest BCUT2D eigenvalue weighted by Crippen LogP contribution is 2.20.